The zero-order valence-corrected chi connectivity index (χ0v) is 32.5. The first-order valence-electron chi connectivity index (χ1n) is 18.4. The van der Waals surface area contributed by atoms with Gasteiger partial charge in [0.1, 0.15) is 28.7 Å². The Morgan fingerprint density at radius 3 is 2.38 bits per heavy atom. The highest BCUT2D eigenvalue weighted by Gasteiger charge is 2.38. The van der Waals surface area contributed by atoms with E-state index in [2.05, 4.69) is 15.6 Å². The van der Waals surface area contributed by atoms with Gasteiger partial charge in [-0.05, 0) is 68.8 Å². The van der Waals surface area contributed by atoms with Crippen LogP contribution in [0.1, 0.15) is 100 Å². The number of aliphatic hydroxyl groups excluding tert-OH is 1. The monoisotopic (exact) mass is 747 g/mol. The number of hydrogen-bond acceptors (Lipinski definition) is 9. The van der Waals surface area contributed by atoms with E-state index in [-0.39, 0.29) is 61.4 Å². The molecular weight excluding hydrogens is 690 g/mol. The van der Waals surface area contributed by atoms with Crippen LogP contribution in [0.25, 0.3) is 0 Å². The van der Waals surface area contributed by atoms with Gasteiger partial charge in [-0.2, -0.15) is 0 Å². The Kier molecular flexibility index (Phi) is 17.1. The fourth-order valence-electron chi connectivity index (χ4n) is 6.67. The number of nitrogens with zero attached hydrogens (tertiary/aromatic N) is 3. The number of aliphatic carboxylic acids is 1. The lowest BCUT2D eigenvalue weighted by atomic mass is 9.92. The Bertz CT molecular complexity index is 1460. The van der Waals surface area contributed by atoms with Crippen LogP contribution in [0.4, 0.5) is 4.39 Å². The number of thiazole rings is 1. The van der Waals surface area contributed by atoms with Crippen LogP contribution in [0.5, 0.6) is 0 Å². The van der Waals surface area contributed by atoms with Crippen molar-refractivity contribution < 1.29 is 38.5 Å². The van der Waals surface area contributed by atoms with Gasteiger partial charge in [-0.15, -0.1) is 11.3 Å². The minimum Gasteiger partial charge on any atom is -0.481 e. The molecule has 2 heterocycles. The fourth-order valence-corrected chi connectivity index (χ4v) is 7.46. The summed E-state index contributed by atoms with van der Waals surface area (Å²) in [5.74, 6) is -3.26. The van der Waals surface area contributed by atoms with Crippen molar-refractivity contribution >= 4 is 35.0 Å². The number of hydrogen-bond donors (Lipinski definition) is 4. The van der Waals surface area contributed by atoms with E-state index in [9.17, 15) is 33.8 Å². The number of nitrogens with one attached hydrogen (secondary N) is 2. The number of ether oxygens (including phenoxy) is 1. The lowest BCUT2D eigenvalue weighted by Crippen LogP contribution is -2.59. The van der Waals surface area contributed by atoms with Gasteiger partial charge < -0.3 is 30.5 Å². The summed E-state index contributed by atoms with van der Waals surface area (Å²) in [6, 6.07) is 3.75. The summed E-state index contributed by atoms with van der Waals surface area (Å²) in [6.45, 7) is 10.8. The molecule has 52 heavy (non-hydrogen) atoms. The molecule has 0 saturated carbocycles. The quantitative estimate of drug-likeness (QED) is 0.151. The lowest BCUT2D eigenvalue weighted by molar-refractivity contribution is -0.143. The average Bonchev–Trinajstić information content (AvgIpc) is 3.61. The smallest absolute Gasteiger partial charge is 0.306 e. The number of rotatable bonds is 20. The van der Waals surface area contributed by atoms with E-state index in [4.69, 9.17) is 4.74 Å². The second-order valence-corrected chi connectivity index (χ2v) is 15.4. The number of benzene rings is 1. The van der Waals surface area contributed by atoms with Gasteiger partial charge in [-0.1, -0.05) is 59.6 Å². The normalized spacial score (nSPS) is 18.5. The predicted octanol–water partition coefficient (Wildman–Crippen LogP) is 4.67. The molecule has 14 heteroatoms. The van der Waals surface area contributed by atoms with Crippen LogP contribution in [0.2, 0.25) is 0 Å². The van der Waals surface area contributed by atoms with Gasteiger partial charge in [-0.3, -0.25) is 24.1 Å². The van der Waals surface area contributed by atoms with E-state index in [0.717, 1.165) is 42.7 Å². The van der Waals surface area contributed by atoms with Crippen molar-refractivity contribution in [1.82, 2.24) is 25.4 Å². The number of piperidine rings is 1. The number of aliphatic hydroxyl groups is 1. The summed E-state index contributed by atoms with van der Waals surface area (Å²) in [6.07, 6.45) is 2.87. The maximum Gasteiger partial charge on any atom is 0.306 e. The molecule has 1 saturated heterocycles. The molecule has 12 nitrogen and oxygen atoms in total. The molecule has 1 fully saturated rings. The van der Waals surface area contributed by atoms with Gasteiger partial charge in [0.15, 0.2) is 0 Å². The minimum absolute atomic E-state index is 0.0757. The Hall–Kier alpha value is -3.46. The van der Waals surface area contributed by atoms with E-state index >= 15 is 0 Å². The van der Waals surface area contributed by atoms with Crippen LogP contribution in [-0.4, -0.2) is 107 Å². The van der Waals surface area contributed by atoms with Crippen molar-refractivity contribution in [2.45, 2.75) is 110 Å². The number of aromatic nitrogens is 1. The van der Waals surface area contributed by atoms with E-state index in [1.54, 1.807) is 36.4 Å². The SMILES string of the molecule is CCC(C)C(NC(=O)C1CCCCN1C)C(=O)N(CCOC)C(CC(O)c1nc(C(=O)NC(Cc2ccc(F)cc2)CC(C)C(=O)O)cs1)C(C)C. The highest BCUT2D eigenvalue weighted by Crippen LogP contribution is 2.29. The maximum absolute atomic E-state index is 14.4. The molecule has 3 amide bonds. The number of methoxy groups -OCH3 is 1. The van der Waals surface area contributed by atoms with Crippen molar-refractivity contribution in [2.75, 3.05) is 33.9 Å². The molecule has 3 rings (SSSR count). The third kappa shape index (κ3) is 12.3. The number of halogens is 1. The highest BCUT2D eigenvalue weighted by atomic mass is 32.1. The zero-order chi connectivity index (χ0) is 38.5. The van der Waals surface area contributed by atoms with Crippen molar-refractivity contribution in [3.63, 3.8) is 0 Å². The topological polar surface area (TPSA) is 161 Å². The number of carbonyl (C=O) groups excluding carboxylic acids is 3. The number of likely N-dealkylation sites (tertiary alicyclic amines) is 1. The summed E-state index contributed by atoms with van der Waals surface area (Å²) >= 11 is 1.12. The first-order chi connectivity index (χ1) is 24.7. The van der Waals surface area contributed by atoms with Crippen LogP contribution in [-0.2, 0) is 25.5 Å². The van der Waals surface area contributed by atoms with Gasteiger partial charge in [0.05, 0.1) is 18.6 Å². The molecule has 7 unspecified atom stereocenters. The lowest BCUT2D eigenvalue weighted by Gasteiger charge is -2.39. The largest absolute Gasteiger partial charge is 0.481 e. The summed E-state index contributed by atoms with van der Waals surface area (Å²) in [7, 11) is 3.49. The summed E-state index contributed by atoms with van der Waals surface area (Å²) in [4.78, 5) is 61.1. The van der Waals surface area contributed by atoms with E-state index in [1.807, 2.05) is 39.6 Å². The van der Waals surface area contributed by atoms with Crippen molar-refractivity contribution in [3.8, 4) is 0 Å². The molecule has 0 bridgehead atoms. The number of amides is 3. The number of carboxylic acids is 1. The third-order valence-corrected chi connectivity index (χ3v) is 11.1. The van der Waals surface area contributed by atoms with Gasteiger partial charge in [0.25, 0.3) is 5.91 Å². The molecule has 1 aliphatic rings. The second-order valence-electron chi connectivity index (χ2n) is 14.5. The van der Waals surface area contributed by atoms with Gasteiger partial charge >= 0.3 is 5.97 Å². The Labute approximate surface area is 311 Å². The third-order valence-electron chi connectivity index (χ3n) is 10.1. The van der Waals surface area contributed by atoms with Gasteiger partial charge in [0.2, 0.25) is 11.8 Å². The molecular formula is C38H58FN5O7S. The first-order valence-corrected chi connectivity index (χ1v) is 19.3. The van der Waals surface area contributed by atoms with Crippen LogP contribution in [0, 0.1) is 23.6 Å². The summed E-state index contributed by atoms with van der Waals surface area (Å²) in [5, 5.41) is 28.8. The minimum atomic E-state index is -1.11. The molecule has 0 aliphatic carbocycles. The zero-order valence-electron chi connectivity index (χ0n) is 31.6. The Morgan fingerprint density at radius 2 is 1.79 bits per heavy atom. The second kappa shape index (κ2) is 20.7. The molecule has 290 valence electrons. The van der Waals surface area contributed by atoms with Gasteiger partial charge in [0, 0.05) is 37.5 Å². The van der Waals surface area contributed by atoms with Crippen LogP contribution in [0.15, 0.2) is 29.6 Å². The predicted molar refractivity (Wildman–Crippen MR) is 198 cm³/mol. The molecule has 0 spiro atoms. The van der Waals surface area contributed by atoms with E-state index in [1.165, 1.54) is 12.1 Å². The van der Waals surface area contributed by atoms with E-state index in [0.29, 0.717) is 17.8 Å². The fraction of sp³-hybridized carbons (Fsp3) is 0.658. The number of carboxylic acid groups (broad SMARTS) is 1. The molecule has 1 aromatic carbocycles. The molecule has 4 N–H and O–H groups in total. The molecule has 7 atom stereocenters. The van der Waals surface area contributed by atoms with Crippen molar-refractivity contribution in [1.29, 1.82) is 0 Å². The summed E-state index contributed by atoms with van der Waals surface area (Å²) in [5.41, 5.74) is 0.814. The van der Waals surface area contributed by atoms with Crippen LogP contribution >= 0.6 is 11.3 Å². The average molecular weight is 748 g/mol. The number of carbonyl (C=O) groups is 4. The Balaban J connectivity index is 1.79. The van der Waals surface area contributed by atoms with Crippen molar-refractivity contribution in [2.24, 2.45) is 17.8 Å². The van der Waals surface area contributed by atoms with Crippen LogP contribution in [0.3, 0.4) is 0 Å². The van der Waals surface area contributed by atoms with E-state index < -0.39 is 47.8 Å². The maximum atomic E-state index is 14.4. The first kappa shape index (κ1) is 42.9. The standard InChI is InChI=1S/C38H58FN5O7S/c1-8-24(4)33(42-35(47)30-11-9-10-16-43(30)6)37(48)44(17-18-51-7)31(23(2)3)21-32(45)36-41-29(22-52-36)34(46)40-28(19-25(5)38(49)50)20-26-12-14-27(39)15-13-26/h12-15,22-25,28,30-33,45H,8-11,16-21H2,1-7H3,(H,40,46)(H,42,47)(H,49,50). The van der Waals surface area contributed by atoms with Crippen LogP contribution < -0.4 is 10.6 Å². The molecule has 1 aromatic heterocycles. The molecule has 2 aromatic rings. The number of likely N-dealkylation sites (N-methyl/N-ethyl adjacent to an activating group) is 1. The van der Waals surface area contributed by atoms with Crippen molar-refractivity contribution in [3.05, 3.63) is 51.7 Å². The highest BCUT2D eigenvalue weighted by molar-refractivity contribution is 7.09. The van der Waals surface area contributed by atoms with Gasteiger partial charge in [-0.25, -0.2) is 9.37 Å². The molecule has 1 aliphatic heterocycles. The summed E-state index contributed by atoms with van der Waals surface area (Å²) < 4.78 is 18.9. The molecule has 0 radical (unpaired) electrons. The Morgan fingerprint density at radius 1 is 1.10 bits per heavy atom.